The molecule has 1 aromatic rings. The van der Waals surface area contributed by atoms with Crippen molar-refractivity contribution in [2.45, 2.75) is 100 Å². The minimum Gasteiger partial charge on any atom is -0.438 e. The van der Waals surface area contributed by atoms with Crippen LogP contribution in [0.3, 0.4) is 0 Å². The molecule has 202 valence electrons. The second kappa shape index (κ2) is 18.6. The van der Waals surface area contributed by atoms with Crippen LogP contribution < -0.4 is 4.74 Å². The van der Waals surface area contributed by atoms with Crippen LogP contribution in [0.25, 0.3) is 5.70 Å². The Hall–Kier alpha value is -2.58. The molecule has 1 atom stereocenters. The van der Waals surface area contributed by atoms with Crippen molar-refractivity contribution in [3.05, 3.63) is 57.8 Å². The van der Waals surface area contributed by atoms with Crippen molar-refractivity contribution in [1.82, 2.24) is 0 Å². The Labute approximate surface area is 230 Å². The fraction of sp³-hybridized carbons (Fsp3) is 0.531. The number of hydrogen-bond acceptors (Lipinski definition) is 5. The van der Waals surface area contributed by atoms with Gasteiger partial charge in [-0.25, -0.2) is 4.99 Å². The average Bonchev–Trinajstić information content (AvgIpc) is 2.91. The molecule has 0 aliphatic heterocycles. The van der Waals surface area contributed by atoms with Crippen molar-refractivity contribution in [1.29, 1.82) is 5.26 Å². The van der Waals surface area contributed by atoms with E-state index in [2.05, 4.69) is 67.5 Å². The quantitative estimate of drug-likeness (QED) is 0.123. The van der Waals surface area contributed by atoms with Gasteiger partial charge in [-0.15, -0.1) is 11.8 Å². The summed E-state index contributed by atoms with van der Waals surface area (Å²) >= 11 is 1.70. The summed E-state index contributed by atoms with van der Waals surface area (Å²) in [5, 5.41) is 11.6. The first-order chi connectivity index (χ1) is 17.8. The summed E-state index contributed by atoms with van der Waals surface area (Å²) in [6, 6.07) is 7.85. The monoisotopic (exact) mass is 521 g/mol. The normalized spacial score (nSPS) is 14.5. The predicted octanol–water partition coefficient (Wildman–Crippen LogP) is 10.1. The van der Waals surface area contributed by atoms with Crippen LogP contribution in [0, 0.1) is 17.2 Å². The van der Waals surface area contributed by atoms with E-state index in [1.54, 1.807) is 17.8 Å². The molecule has 5 heteroatoms. The largest absolute Gasteiger partial charge is 0.438 e. The van der Waals surface area contributed by atoms with Gasteiger partial charge in [0.25, 0.3) is 0 Å². The third-order valence-electron chi connectivity index (χ3n) is 6.43. The van der Waals surface area contributed by atoms with E-state index in [1.165, 1.54) is 24.0 Å². The minimum absolute atomic E-state index is 0.363. The molecule has 0 heterocycles. The topological polar surface area (TPSA) is 57.7 Å². The number of thioether (sulfide) groups is 1. The maximum Gasteiger partial charge on any atom is 0.225 e. The number of unbranched alkanes of at least 4 members (excludes halogenated alkanes) is 2. The summed E-state index contributed by atoms with van der Waals surface area (Å²) in [6.45, 7) is 17.1. The van der Waals surface area contributed by atoms with Crippen LogP contribution in [0.4, 0.5) is 0 Å². The second-order valence-corrected chi connectivity index (χ2v) is 10.4. The molecule has 1 unspecified atom stereocenters. The Bertz CT molecular complexity index is 1040. The highest BCUT2D eigenvalue weighted by Crippen LogP contribution is 2.33. The van der Waals surface area contributed by atoms with Crippen LogP contribution >= 0.6 is 11.8 Å². The van der Waals surface area contributed by atoms with Gasteiger partial charge in [0.15, 0.2) is 0 Å². The van der Waals surface area contributed by atoms with E-state index in [0.29, 0.717) is 23.1 Å². The molecule has 4 nitrogen and oxygen atoms in total. The van der Waals surface area contributed by atoms with Crippen molar-refractivity contribution < 1.29 is 4.74 Å². The summed E-state index contributed by atoms with van der Waals surface area (Å²) in [6.07, 6.45) is 11.7. The SMILES string of the molecule is C\C=C(/C=N\C(=C(\C)CC)c1ccc(C#N)cc1OC(=C/SCCC)/N=C(/C)C(C)CC)CCCCC. The average molecular weight is 522 g/mol. The molecule has 1 aromatic carbocycles. The summed E-state index contributed by atoms with van der Waals surface area (Å²) in [5.74, 6) is 2.52. The molecule has 0 radical (unpaired) electrons. The fourth-order valence-electron chi connectivity index (χ4n) is 3.47. The number of hydrogen-bond donors (Lipinski definition) is 0. The van der Waals surface area contributed by atoms with Gasteiger partial charge in [-0.05, 0) is 93.9 Å². The Morgan fingerprint density at radius 2 is 1.89 bits per heavy atom. The van der Waals surface area contributed by atoms with Gasteiger partial charge in [-0.2, -0.15) is 5.26 Å². The van der Waals surface area contributed by atoms with Crippen molar-refractivity contribution in [3.8, 4) is 11.8 Å². The van der Waals surface area contributed by atoms with Crippen LogP contribution in [0.15, 0.2) is 56.7 Å². The van der Waals surface area contributed by atoms with Gasteiger partial charge < -0.3 is 4.74 Å². The molecule has 0 fully saturated rings. The lowest BCUT2D eigenvalue weighted by Crippen LogP contribution is -2.08. The van der Waals surface area contributed by atoms with E-state index in [-0.39, 0.29) is 0 Å². The zero-order valence-electron chi connectivity index (χ0n) is 24.4. The Balaban J connectivity index is 3.57. The molecule has 0 bridgehead atoms. The van der Waals surface area contributed by atoms with Gasteiger partial charge in [0.05, 0.1) is 17.3 Å². The Morgan fingerprint density at radius 3 is 2.49 bits per heavy atom. The van der Waals surface area contributed by atoms with Crippen molar-refractivity contribution >= 4 is 29.4 Å². The number of nitriles is 1. The van der Waals surface area contributed by atoms with E-state index >= 15 is 0 Å². The lowest BCUT2D eigenvalue weighted by atomic mass is 10.0. The summed E-state index contributed by atoms with van der Waals surface area (Å²) < 4.78 is 6.47. The van der Waals surface area contributed by atoms with Gasteiger partial charge in [0.1, 0.15) is 5.75 Å². The van der Waals surface area contributed by atoms with Crippen LogP contribution in [0.2, 0.25) is 0 Å². The van der Waals surface area contributed by atoms with E-state index in [0.717, 1.165) is 54.8 Å². The second-order valence-electron chi connectivity index (χ2n) is 9.38. The van der Waals surface area contributed by atoms with E-state index in [1.807, 2.05) is 23.8 Å². The highest BCUT2D eigenvalue weighted by atomic mass is 32.2. The van der Waals surface area contributed by atoms with Gasteiger partial charge in [0.2, 0.25) is 5.88 Å². The van der Waals surface area contributed by atoms with E-state index < -0.39 is 0 Å². The van der Waals surface area contributed by atoms with E-state index in [9.17, 15) is 5.26 Å². The molecular weight excluding hydrogens is 474 g/mol. The molecule has 0 spiro atoms. The fourth-order valence-corrected chi connectivity index (χ4v) is 4.07. The first-order valence-corrected chi connectivity index (χ1v) is 14.9. The smallest absolute Gasteiger partial charge is 0.225 e. The van der Waals surface area contributed by atoms with Crippen molar-refractivity contribution in [2.24, 2.45) is 15.9 Å². The van der Waals surface area contributed by atoms with Crippen LogP contribution in [0.1, 0.15) is 111 Å². The standard InChI is InChI=1S/C32H47N3OS/c1-9-14-15-16-27(13-5)22-34-32(25(7)12-4)29-18-17-28(21-33)20-30(29)36-31(23-37-19-10-2)35-26(8)24(6)11-3/h13,17-18,20,22-24H,9-12,14-16,19H2,1-8H3/b27-13-,31-23+,32-25-,34-22-,35-26-. The lowest BCUT2D eigenvalue weighted by Gasteiger charge is -2.16. The van der Waals surface area contributed by atoms with Crippen molar-refractivity contribution in [2.75, 3.05) is 5.75 Å². The third kappa shape index (κ3) is 11.6. The number of aliphatic imine (C=N–C) groups is 2. The lowest BCUT2D eigenvalue weighted by molar-refractivity contribution is 0.420. The molecule has 0 aliphatic rings. The van der Waals surface area contributed by atoms with Gasteiger partial charge in [-0.3, -0.25) is 4.99 Å². The number of allylic oxidation sites excluding steroid dienone is 3. The number of ether oxygens (including phenoxy) is 1. The molecule has 0 amide bonds. The molecule has 0 saturated heterocycles. The highest BCUT2D eigenvalue weighted by Gasteiger charge is 2.15. The van der Waals surface area contributed by atoms with Crippen molar-refractivity contribution in [3.63, 3.8) is 0 Å². The zero-order chi connectivity index (χ0) is 27.6. The number of nitrogens with zero attached hydrogens (tertiary/aromatic N) is 3. The van der Waals surface area contributed by atoms with Gasteiger partial charge >= 0.3 is 0 Å². The molecule has 0 aliphatic carbocycles. The first-order valence-electron chi connectivity index (χ1n) is 13.8. The molecule has 0 saturated carbocycles. The minimum atomic E-state index is 0.363. The predicted molar refractivity (Wildman–Crippen MR) is 164 cm³/mol. The van der Waals surface area contributed by atoms with Crippen LogP contribution in [-0.2, 0) is 0 Å². The van der Waals surface area contributed by atoms with E-state index in [4.69, 9.17) is 14.7 Å². The molecule has 0 N–H and O–H groups in total. The molecular formula is C32H47N3OS. The highest BCUT2D eigenvalue weighted by molar-refractivity contribution is 8.02. The zero-order valence-corrected chi connectivity index (χ0v) is 25.2. The van der Waals surface area contributed by atoms with Gasteiger partial charge in [-0.1, -0.05) is 53.5 Å². The maximum atomic E-state index is 9.61. The molecule has 0 aromatic heterocycles. The molecule has 1 rings (SSSR count). The van der Waals surface area contributed by atoms with Gasteiger partial charge in [0, 0.05) is 22.9 Å². The first kappa shape index (κ1) is 32.4. The summed E-state index contributed by atoms with van der Waals surface area (Å²) in [4.78, 5) is 9.83. The maximum absolute atomic E-state index is 9.61. The van der Waals surface area contributed by atoms with Crippen LogP contribution in [-0.4, -0.2) is 17.7 Å². The molecule has 37 heavy (non-hydrogen) atoms. The Kier molecular flexibility index (Phi) is 16.3. The summed E-state index contributed by atoms with van der Waals surface area (Å²) in [5.41, 5.74) is 5.75. The number of rotatable bonds is 16. The van der Waals surface area contributed by atoms with Crippen LogP contribution in [0.5, 0.6) is 5.75 Å². The number of benzene rings is 1. The third-order valence-corrected chi connectivity index (χ3v) is 7.44. The summed E-state index contributed by atoms with van der Waals surface area (Å²) in [7, 11) is 0. The Morgan fingerprint density at radius 1 is 1.14 bits per heavy atom.